The van der Waals surface area contributed by atoms with Gasteiger partial charge in [0.05, 0.1) is 5.75 Å². The molecule has 0 spiro atoms. The van der Waals surface area contributed by atoms with Gasteiger partial charge in [0, 0.05) is 27.9 Å². The van der Waals surface area contributed by atoms with Crippen LogP contribution < -0.4 is 11.1 Å². The van der Waals surface area contributed by atoms with Gasteiger partial charge in [0.2, 0.25) is 5.91 Å². The maximum atomic E-state index is 11.9. The largest absolute Gasteiger partial charge is 0.353 e. The number of amides is 1. The van der Waals surface area contributed by atoms with Crippen molar-refractivity contribution in [2.75, 3.05) is 5.75 Å². The Morgan fingerprint density at radius 3 is 2.59 bits per heavy atom. The minimum Gasteiger partial charge on any atom is -0.353 e. The summed E-state index contributed by atoms with van der Waals surface area (Å²) in [4.78, 5) is 11.9. The van der Waals surface area contributed by atoms with Gasteiger partial charge in [-0.05, 0) is 43.4 Å². The highest BCUT2D eigenvalue weighted by Crippen LogP contribution is 2.24. The number of halogens is 3. The molecule has 0 aliphatic heterocycles. The molecule has 124 valence electrons. The Balaban J connectivity index is 0.00000242. The second-order valence-corrected chi connectivity index (χ2v) is 7.24. The number of benzene rings is 1. The molecule has 0 bridgehead atoms. The predicted octanol–water partition coefficient (Wildman–Crippen LogP) is 4.03. The maximum Gasteiger partial charge on any atom is 0.230 e. The molecule has 1 aromatic carbocycles. The van der Waals surface area contributed by atoms with Gasteiger partial charge >= 0.3 is 0 Å². The quantitative estimate of drug-likeness (QED) is 0.807. The summed E-state index contributed by atoms with van der Waals surface area (Å²) in [7, 11) is 0. The fourth-order valence-corrected chi connectivity index (χ4v) is 3.82. The number of hydrogen-bond donors (Lipinski definition) is 2. The zero-order chi connectivity index (χ0) is 15.2. The van der Waals surface area contributed by atoms with Crippen LogP contribution in [-0.2, 0) is 10.5 Å². The van der Waals surface area contributed by atoms with Crippen LogP contribution >= 0.6 is 47.4 Å². The first-order valence-electron chi connectivity index (χ1n) is 7.11. The van der Waals surface area contributed by atoms with Crippen molar-refractivity contribution in [3.63, 3.8) is 0 Å². The molecule has 22 heavy (non-hydrogen) atoms. The standard InChI is InChI=1S/C15H20Cl2N2OS.ClH/c16-11-2-1-10(14(17)7-11)8-21-9-15(20)19-13-5-3-12(18)4-6-13;/h1-2,7,12-13H,3-6,8-9,18H2,(H,19,20);1H. The van der Waals surface area contributed by atoms with Crippen molar-refractivity contribution in [1.29, 1.82) is 0 Å². The second kappa shape index (κ2) is 9.89. The lowest BCUT2D eigenvalue weighted by Crippen LogP contribution is -2.41. The lowest BCUT2D eigenvalue weighted by Gasteiger charge is -2.26. The van der Waals surface area contributed by atoms with E-state index in [1.54, 1.807) is 17.8 Å². The molecule has 1 aromatic rings. The van der Waals surface area contributed by atoms with E-state index in [1.165, 1.54) is 0 Å². The number of thioether (sulfide) groups is 1. The molecule has 3 N–H and O–H groups in total. The van der Waals surface area contributed by atoms with E-state index in [1.807, 2.05) is 12.1 Å². The Kier molecular flexibility index (Phi) is 8.95. The molecule has 7 heteroatoms. The van der Waals surface area contributed by atoms with Crippen molar-refractivity contribution in [1.82, 2.24) is 5.32 Å². The van der Waals surface area contributed by atoms with E-state index in [0.717, 1.165) is 31.2 Å². The topological polar surface area (TPSA) is 55.1 Å². The molecule has 0 unspecified atom stereocenters. The summed E-state index contributed by atoms with van der Waals surface area (Å²) in [6.45, 7) is 0. The van der Waals surface area contributed by atoms with Crippen molar-refractivity contribution < 1.29 is 4.79 Å². The zero-order valence-electron chi connectivity index (χ0n) is 12.2. The van der Waals surface area contributed by atoms with Gasteiger partial charge in [-0.25, -0.2) is 0 Å². The van der Waals surface area contributed by atoms with Crippen LogP contribution in [0.1, 0.15) is 31.2 Å². The highest BCUT2D eigenvalue weighted by atomic mass is 35.5. The summed E-state index contributed by atoms with van der Waals surface area (Å²) in [5.74, 6) is 1.24. The Bertz CT molecular complexity index is 494. The van der Waals surface area contributed by atoms with Gasteiger partial charge in [0.15, 0.2) is 0 Å². The fourth-order valence-electron chi connectivity index (χ4n) is 2.43. The normalized spacial score (nSPS) is 21.0. The highest BCUT2D eigenvalue weighted by Gasteiger charge is 2.19. The van der Waals surface area contributed by atoms with Crippen LogP contribution in [0.25, 0.3) is 0 Å². The maximum absolute atomic E-state index is 11.9. The minimum atomic E-state index is 0. The van der Waals surface area contributed by atoms with Gasteiger partial charge in [-0.1, -0.05) is 29.3 Å². The predicted molar refractivity (Wildman–Crippen MR) is 98.2 cm³/mol. The third kappa shape index (κ3) is 6.55. The molecule has 1 saturated carbocycles. The van der Waals surface area contributed by atoms with Crippen LogP contribution in [0.5, 0.6) is 0 Å². The lowest BCUT2D eigenvalue weighted by molar-refractivity contribution is -0.119. The first-order valence-corrected chi connectivity index (χ1v) is 9.02. The summed E-state index contributed by atoms with van der Waals surface area (Å²) in [5.41, 5.74) is 6.86. The molecular formula is C15H21Cl3N2OS. The van der Waals surface area contributed by atoms with Crippen molar-refractivity contribution in [2.24, 2.45) is 5.73 Å². The molecule has 1 aliphatic carbocycles. The molecule has 0 radical (unpaired) electrons. The SMILES string of the molecule is Cl.NC1CCC(NC(=O)CSCc2ccc(Cl)cc2Cl)CC1. The summed E-state index contributed by atoms with van der Waals surface area (Å²) < 4.78 is 0. The first-order chi connectivity index (χ1) is 10.0. The lowest BCUT2D eigenvalue weighted by atomic mass is 9.92. The van der Waals surface area contributed by atoms with Crippen molar-refractivity contribution in [3.05, 3.63) is 33.8 Å². The summed E-state index contributed by atoms with van der Waals surface area (Å²) >= 11 is 13.5. The first kappa shape index (κ1) is 19.9. The van der Waals surface area contributed by atoms with Gasteiger partial charge < -0.3 is 11.1 Å². The average Bonchev–Trinajstić information content (AvgIpc) is 2.44. The van der Waals surface area contributed by atoms with Gasteiger partial charge in [-0.15, -0.1) is 24.2 Å². The van der Waals surface area contributed by atoms with Crippen molar-refractivity contribution >= 4 is 53.3 Å². The molecule has 0 aromatic heterocycles. The molecule has 0 heterocycles. The van der Waals surface area contributed by atoms with E-state index < -0.39 is 0 Å². The van der Waals surface area contributed by atoms with E-state index >= 15 is 0 Å². The molecule has 3 nitrogen and oxygen atoms in total. The summed E-state index contributed by atoms with van der Waals surface area (Å²) in [6, 6.07) is 6.04. The average molecular weight is 384 g/mol. The van der Waals surface area contributed by atoms with E-state index in [2.05, 4.69) is 5.32 Å². The third-order valence-corrected chi connectivity index (χ3v) is 5.21. The minimum absolute atomic E-state index is 0. The van der Waals surface area contributed by atoms with Crippen LogP contribution in [0, 0.1) is 0 Å². The molecule has 1 fully saturated rings. The molecule has 1 aliphatic rings. The van der Waals surface area contributed by atoms with E-state index in [4.69, 9.17) is 28.9 Å². The summed E-state index contributed by atoms with van der Waals surface area (Å²) in [5, 5.41) is 4.36. The number of rotatable bonds is 5. The highest BCUT2D eigenvalue weighted by molar-refractivity contribution is 7.99. The smallest absolute Gasteiger partial charge is 0.230 e. The van der Waals surface area contributed by atoms with Crippen LogP contribution in [0.2, 0.25) is 10.0 Å². The van der Waals surface area contributed by atoms with Crippen LogP contribution in [0.15, 0.2) is 18.2 Å². The molecule has 2 rings (SSSR count). The number of carbonyl (C=O) groups is 1. The van der Waals surface area contributed by atoms with E-state index in [9.17, 15) is 4.79 Å². The molecular weight excluding hydrogens is 363 g/mol. The van der Waals surface area contributed by atoms with Gasteiger partial charge in [0.1, 0.15) is 0 Å². The van der Waals surface area contributed by atoms with E-state index in [0.29, 0.717) is 27.6 Å². The van der Waals surface area contributed by atoms with Crippen molar-refractivity contribution in [2.45, 2.75) is 43.5 Å². The number of hydrogen-bond acceptors (Lipinski definition) is 3. The number of nitrogens with two attached hydrogens (primary N) is 1. The van der Waals surface area contributed by atoms with Crippen LogP contribution in [0.3, 0.4) is 0 Å². The van der Waals surface area contributed by atoms with Crippen molar-refractivity contribution in [3.8, 4) is 0 Å². The second-order valence-electron chi connectivity index (χ2n) is 5.41. The Morgan fingerprint density at radius 1 is 1.27 bits per heavy atom. The summed E-state index contributed by atoms with van der Waals surface area (Å²) in [6.07, 6.45) is 3.97. The molecule has 0 saturated heterocycles. The zero-order valence-corrected chi connectivity index (χ0v) is 15.3. The Hall–Kier alpha value is -0.130. The van der Waals surface area contributed by atoms with E-state index in [-0.39, 0.29) is 24.4 Å². The fraction of sp³-hybridized carbons (Fsp3) is 0.533. The van der Waals surface area contributed by atoms with Crippen LogP contribution in [0.4, 0.5) is 0 Å². The molecule has 0 atom stereocenters. The third-order valence-electron chi connectivity index (χ3n) is 3.64. The van der Waals surface area contributed by atoms with Gasteiger partial charge in [0.25, 0.3) is 0 Å². The Morgan fingerprint density at radius 2 is 1.95 bits per heavy atom. The molecule has 1 amide bonds. The Labute approximate surface area is 152 Å². The van der Waals surface area contributed by atoms with Gasteiger partial charge in [-0.2, -0.15) is 0 Å². The number of nitrogens with one attached hydrogen (secondary N) is 1. The van der Waals surface area contributed by atoms with Gasteiger partial charge in [-0.3, -0.25) is 4.79 Å². The van der Waals surface area contributed by atoms with Crippen LogP contribution in [-0.4, -0.2) is 23.7 Å². The monoisotopic (exact) mass is 382 g/mol. The number of carbonyl (C=O) groups excluding carboxylic acids is 1.